The molecule has 0 bridgehead atoms. The normalized spacial score (nSPS) is 16.3. The minimum atomic E-state index is 0.169. The van der Waals surface area contributed by atoms with Gasteiger partial charge in [0.25, 0.3) is 0 Å². The molecule has 1 aliphatic carbocycles. The molecule has 0 saturated heterocycles. The first kappa shape index (κ1) is 14.1. The molecule has 0 aliphatic heterocycles. The molecule has 1 aromatic carbocycles. The molecule has 104 valence electrons. The number of benzene rings is 1. The highest BCUT2D eigenvalue weighted by molar-refractivity contribution is 5.92. The summed E-state index contributed by atoms with van der Waals surface area (Å²) in [4.78, 5) is 12.0. The maximum atomic E-state index is 12.0. The zero-order valence-electron chi connectivity index (χ0n) is 12.2. The minimum Gasteiger partial charge on any atom is -0.326 e. The highest BCUT2D eigenvalue weighted by Gasteiger charge is 2.15. The van der Waals surface area contributed by atoms with Crippen molar-refractivity contribution in [2.45, 2.75) is 58.8 Å². The van der Waals surface area contributed by atoms with Crippen LogP contribution in [-0.2, 0) is 4.79 Å². The standard InChI is InChI=1S/C17H25NO/c1-13-7-6-8-14(2)17(13)18-16(19)12-11-15-9-4-3-5-10-15/h6-8,15H,3-5,9-12H2,1-2H3,(H,18,19). The van der Waals surface area contributed by atoms with E-state index in [0.717, 1.165) is 29.2 Å². The topological polar surface area (TPSA) is 29.1 Å². The number of anilines is 1. The van der Waals surface area contributed by atoms with Gasteiger partial charge in [0.15, 0.2) is 0 Å². The molecule has 0 unspecified atom stereocenters. The molecule has 0 atom stereocenters. The fraction of sp³-hybridized carbons (Fsp3) is 0.588. The van der Waals surface area contributed by atoms with Gasteiger partial charge in [-0.3, -0.25) is 4.79 Å². The predicted molar refractivity (Wildman–Crippen MR) is 80.4 cm³/mol. The zero-order chi connectivity index (χ0) is 13.7. The van der Waals surface area contributed by atoms with E-state index in [1.165, 1.54) is 32.1 Å². The van der Waals surface area contributed by atoms with E-state index in [-0.39, 0.29) is 5.91 Å². The maximum absolute atomic E-state index is 12.0. The van der Waals surface area contributed by atoms with Gasteiger partial charge in [-0.15, -0.1) is 0 Å². The van der Waals surface area contributed by atoms with Gasteiger partial charge in [0, 0.05) is 12.1 Å². The summed E-state index contributed by atoms with van der Waals surface area (Å²) in [6.07, 6.45) is 8.43. The lowest BCUT2D eigenvalue weighted by atomic mass is 9.86. The van der Waals surface area contributed by atoms with Crippen LogP contribution < -0.4 is 5.32 Å². The van der Waals surface area contributed by atoms with Crippen LogP contribution in [0.3, 0.4) is 0 Å². The van der Waals surface area contributed by atoms with E-state index in [2.05, 4.69) is 5.32 Å². The molecule has 2 heteroatoms. The smallest absolute Gasteiger partial charge is 0.224 e. The van der Waals surface area contributed by atoms with Crippen LogP contribution in [0.5, 0.6) is 0 Å². The molecule has 19 heavy (non-hydrogen) atoms. The molecule has 1 saturated carbocycles. The van der Waals surface area contributed by atoms with Gasteiger partial charge in [-0.05, 0) is 37.3 Å². The van der Waals surface area contributed by atoms with Crippen LogP contribution in [0.15, 0.2) is 18.2 Å². The van der Waals surface area contributed by atoms with E-state index in [0.29, 0.717) is 6.42 Å². The van der Waals surface area contributed by atoms with E-state index in [1.807, 2.05) is 32.0 Å². The summed E-state index contributed by atoms with van der Waals surface area (Å²) in [7, 11) is 0. The second-order valence-electron chi connectivity index (χ2n) is 5.86. The molecule has 2 rings (SSSR count). The fourth-order valence-electron chi connectivity index (χ4n) is 3.02. The van der Waals surface area contributed by atoms with E-state index in [1.54, 1.807) is 0 Å². The van der Waals surface area contributed by atoms with Gasteiger partial charge in [0.05, 0.1) is 0 Å². The predicted octanol–water partition coefficient (Wildman–Crippen LogP) is 4.60. The monoisotopic (exact) mass is 259 g/mol. The number of nitrogens with one attached hydrogen (secondary N) is 1. The third kappa shape index (κ3) is 4.09. The fourth-order valence-corrected chi connectivity index (χ4v) is 3.02. The summed E-state index contributed by atoms with van der Waals surface area (Å²) in [6.45, 7) is 4.09. The van der Waals surface area contributed by atoms with Crippen LogP contribution >= 0.6 is 0 Å². The minimum absolute atomic E-state index is 0.169. The highest BCUT2D eigenvalue weighted by Crippen LogP contribution is 2.27. The lowest BCUT2D eigenvalue weighted by Gasteiger charge is -2.21. The quantitative estimate of drug-likeness (QED) is 0.841. The number of rotatable bonds is 4. The number of para-hydroxylation sites is 1. The van der Waals surface area contributed by atoms with Crippen molar-refractivity contribution in [3.8, 4) is 0 Å². The Morgan fingerprint density at radius 2 is 1.79 bits per heavy atom. The highest BCUT2D eigenvalue weighted by atomic mass is 16.1. The first-order valence-electron chi connectivity index (χ1n) is 7.53. The molecule has 1 aromatic rings. The summed E-state index contributed by atoms with van der Waals surface area (Å²) in [5.41, 5.74) is 3.29. The number of carbonyl (C=O) groups excluding carboxylic acids is 1. The van der Waals surface area contributed by atoms with Gasteiger partial charge in [0.1, 0.15) is 0 Å². The zero-order valence-corrected chi connectivity index (χ0v) is 12.2. The third-order valence-corrected chi connectivity index (χ3v) is 4.25. The molecular formula is C17H25NO. The first-order chi connectivity index (χ1) is 9.16. The van der Waals surface area contributed by atoms with Crippen LogP contribution in [-0.4, -0.2) is 5.91 Å². The lowest BCUT2D eigenvalue weighted by Crippen LogP contribution is -2.16. The van der Waals surface area contributed by atoms with Crippen LogP contribution in [0, 0.1) is 19.8 Å². The molecule has 2 nitrogen and oxygen atoms in total. The molecule has 1 N–H and O–H groups in total. The average Bonchev–Trinajstić information content (AvgIpc) is 2.42. The molecule has 1 amide bonds. The van der Waals surface area contributed by atoms with Gasteiger partial charge < -0.3 is 5.32 Å². The maximum Gasteiger partial charge on any atom is 0.224 e. The third-order valence-electron chi connectivity index (χ3n) is 4.25. The van der Waals surface area contributed by atoms with Gasteiger partial charge in [-0.25, -0.2) is 0 Å². The summed E-state index contributed by atoms with van der Waals surface area (Å²) in [5.74, 6) is 0.945. The second-order valence-corrected chi connectivity index (χ2v) is 5.86. The Kier molecular flexibility index (Phi) is 5.00. The van der Waals surface area contributed by atoms with Crippen LogP contribution in [0.4, 0.5) is 5.69 Å². The van der Waals surface area contributed by atoms with E-state index in [4.69, 9.17) is 0 Å². The Bertz CT molecular complexity index is 413. The number of hydrogen-bond donors (Lipinski definition) is 1. The summed E-state index contributed by atoms with van der Waals surface area (Å²) in [6, 6.07) is 6.12. The molecule has 0 heterocycles. The van der Waals surface area contributed by atoms with Crippen molar-refractivity contribution in [3.05, 3.63) is 29.3 Å². The van der Waals surface area contributed by atoms with Crippen LogP contribution in [0.25, 0.3) is 0 Å². The van der Waals surface area contributed by atoms with Crippen molar-refractivity contribution < 1.29 is 4.79 Å². The first-order valence-corrected chi connectivity index (χ1v) is 7.53. The molecular weight excluding hydrogens is 234 g/mol. The van der Waals surface area contributed by atoms with Gasteiger partial charge in [-0.1, -0.05) is 50.3 Å². The lowest BCUT2D eigenvalue weighted by molar-refractivity contribution is -0.116. The second kappa shape index (κ2) is 6.74. The summed E-state index contributed by atoms with van der Waals surface area (Å²) >= 11 is 0. The Morgan fingerprint density at radius 1 is 1.16 bits per heavy atom. The largest absolute Gasteiger partial charge is 0.326 e. The number of amides is 1. The Balaban J connectivity index is 1.83. The van der Waals surface area contributed by atoms with Gasteiger partial charge >= 0.3 is 0 Å². The van der Waals surface area contributed by atoms with Crippen molar-refractivity contribution in [2.75, 3.05) is 5.32 Å². The Morgan fingerprint density at radius 3 is 2.42 bits per heavy atom. The molecule has 1 fully saturated rings. The van der Waals surface area contributed by atoms with Crippen LogP contribution in [0.1, 0.15) is 56.1 Å². The van der Waals surface area contributed by atoms with Crippen LogP contribution in [0.2, 0.25) is 0 Å². The summed E-state index contributed by atoms with van der Waals surface area (Å²) < 4.78 is 0. The Labute approximate surface area is 116 Å². The van der Waals surface area contributed by atoms with Crippen molar-refractivity contribution in [1.29, 1.82) is 0 Å². The van der Waals surface area contributed by atoms with E-state index in [9.17, 15) is 4.79 Å². The molecule has 0 spiro atoms. The van der Waals surface area contributed by atoms with E-state index >= 15 is 0 Å². The van der Waals surface area contributed by atoms with Gasteiger partial charge in [-0.2, -0.15) is 0 Å². The number of aryl methyl sites for hydroxylation is 2. The SMILES string of the molecule is Cc1cccc(C)c1NC(=O)CCC1CCCCC1. The average molecular weight is 259 g/mol. The van der Waals surface area contributed by atoms with Crippen molar-refractivity contribution in [2.24, 2.45) is 5.92 Å². The molecule has 1 aliphatic rings. The van der Waals surface area contributed by atoms with Crippen molar-refractivity contribution >= 4 is 11.6 Å². The van der Waals surface area contributed by atoms with Crippen molar-refractivity contribution in [3.63, 3.8) is 0 Å². The molecule has 0 aromatic heterocycles. The number of hydrogen-bond acceptors (Lipinski definition) is 1. The Hall–Kier alpha value is -1.31. The van der Waals surface area contributed by atoms with Crippen molar-refractivity contribution in [1.82, 2.24) is 0 Å². The van der Waals surface area contributed by atoms with E-state index < -0.39 is 0 Å². The summed E-state index contributed by atoms with van der Waals surface area (Å²) in [5, 5.41) is 3.08. The van der Waals surface area contributed by atoms with Gasteiger partial charge in [0.2, 0.25) is 5.91 Å². The molecule has 0 radical (unpaired) electrons. The number of carbonyl (C=O) groups is 1.